The van der Waals surface area contributed by atoms with E-state index in [1.807, 2.05) is 6.92 Å². The molecule has 2 N–H and O–H groups in total. The number of nitrogens with zero attached hydrogens (tertiary/aromatic N) is 1. The Hall–Kier alpha value is 0.340. The fraction of sp³-hybridized carbons (Fsp3) is 0.455. The van der Waals surface area contributed by atoms with E-state index in [0.29, 0.717) is 28.5 Å². The minimum Gasteiger partial charge on any atom is -0.326 e. The highest BCUT2D eigenvalue weighted by Crippen LogP contribution is 2.34. The first-order valence-corrected chi connectivity index (χ1v) is 8.56. The first-order chi connectivity index (χ1) is 8.32. The maximum Gasteiger partial charge on any atom is 0.245 e. The van der Waals surface area contributed by atoms with E-state index in [-0.39, 0.29) is 23.3 Å². The zero-order valence-electron chi connectivity index (χ0n) is 10.3. The predicted octanol–water partition coefficient (Wildman–Crippen LogP) is 2.66. The Balaban J connectivity index is 0.00000180. The summed E-state index contributed by atoms with van der Waals surface area (Å²) < 4.78 is 27.7. The van der Waals surface area contributed by atoms with Gasteiger partial charge in [-0.05, 0) is 62.9 Å². The second-order valence-corrected chi connectivity index (χ2v) is 8.05. The lowest BCUT2D eigenvalue weighted by molar-refractivity contribution is 0.471. The molecule has 1 aromatic rings. The lowest BCUT2D eigenvalue weighted by Gasteiger charge is -2.18. The van der Waals surface area contributed by atoms with Gasteiger partial charge in [-0.3, -0.25) is 0 Å². The maximum absolute atomic E-state index is 12.5. The average Bonchev–Trinajstić information content (AvgIpc) is 2.63. The Morgan fingerprint density at radius 1 is 1.32 bits per heavy atom. The van der Waals surface area contributed by atoms with Gasteiger partial charge in [0.25, 0.3) is 0 Å². The molecule has 0 aromatic heterocycles. The monoisotopic (exact) mass is 432 g/mol. The van der Waals surface area contributed by atoms with Crippen LogP contribution < -0.4 is 5.73 Å². The quantitative estimate of drug-likeness (QED) is 0.778. The molecule has 0 aliphatic carbocycles. The van der Waals surface area contributed by atoms with Crippen molar-refractivity contribution in [1.29, 1.82) is 0 Å². The molecule has 1 fully saturated rings. The zero-order chi connectivity index (χ0) is 13.5. The van der Waals surface area contributed by atoms with E-state index < -0.39 is 10.0 Å². The summed E-state index contributed by atoms with van der Waals surface area (Å²) in [4.78, 5) is 0.280. The first kappa shape index (κ1) is 17.4. The molecule has 0 radical (unpaired) electrons. The van der Waals surface area contributed by atoms with Crippen molar-refractivity contribution in [1.82, 2.24) is 4.31 Å². The van der Waals surface area contributed by atoms with E-state index in [1.165, 1.54) is 4.31 Å². The van der Waals surface area contributed by atoms with Crippen LogP contribution in [0, 0.1) is 6.92 Å². The fourth-order valence-corrected chi connectivity index (χ4v) is 6.28. The summed E-state index contributed by atoms with van der Waals surface area (Å²) >= 11 is 6.66. The minimum atomic E-state index is -3.49. The molecular weight excluding hydrogens is 419 g/mol. The van der Waals surface area contributed by atoms with Crippen molar-refractivity contribution in [2.24, 2.45) is 5.73 Å². The summed E-state index contributed by atoms with van der Waals surface area (Å²) in [6.45, 7) is 2.78. The number of sulfonamides is 1. The molecule has 0 bridgehead atoms. The second-order valence-electron chi connectivity index (χ2n) is 4.47. The van der Waals surface area contributed by atoms with Gasteiger partial charge in [-0.25, -0.2) is 8.42 Å². The third kappa shape index (κ3) is 3.51. The van der Waals surface area contributed by atoms with Crippen LogP contribution in [-0.4, -0.2) is 31.9 Å². The third-order valence-electron chi connectivity index (χ3n) is 2.93. The van der Waals surface area contributed by atoms with Crippen molar-refractivity contribution in [2.75, 3.05) is 13.1 Å². The second kappa shape index (κ2) is 6.41. The van der Waals surface area contributed by atoms with Gasteiger partial charge in [0.05, 0.1) is 0 Å². The zero-order valence-corrected chi connectivity index (χ0v) is 15.1. The number of nitrogens with two attached hydrogens (primary N) is 1. The molecule has 19 heavy (non-hydrogen) atoms. The Morgan fingerprint density at radius 3 is 2.26 bits per heavy atom. The highest BCUT2D eigenvalue weighted by molar-refractivity contribution is 9.11. The summed E-state index contributed by atoms with van der Waals surface area (Å²) in [5, 5.41) is 0. The maximum atomic E-state index is 12.5. The largest absolute Gasteiger partial charge is 0.326 e. The predicted molar refractivity (Wildman–Crippen MR) is 85.2 cm³/mol. The van der Waals surface area contributed by atoms with Crippen LogP contribution in [0.15, 0.2) is 26.0 Å². The minimum absolute atomic E-state index is 0. The molecule has 0 amide bonds. The summed E-state index contributed by atoms with van der Waals surface area (Å²) in [5.41, 5.74) is 6.76. The van der Waals surface area contributed by atoms with Gasteiger partial charge in [0.2, 0.25) is 10.0 Å². The number of rotatable bonds is 2. The Kier molecular flexibility index (Phi) is 5.86. The normalized spacial score (nSPS) is 20.3. The molecule has 2 rings (SSSR count). The van der Waals surface area contributed by atoms with Gasteiger partial charge < -0.3 is 5.73 Å². The average molecular weight is 435 g/mol. The fourth-order valence-electron chi connectivity index (χ4n) is 2.03. The van der Waals surface area contributed by atoms with Crippen LogP contribution in [0.1, 0.15) is 12.0 Å². The molecule has 8 heteroatoms. The van der Waals surface area contributed by atoms with Crippen molar-refractivity contribution in [3.63, 3.8) is 0 Å². The van der Waals surface area contributed by atoms with Crippen molar-refractivity contribution >= 4 is 54.3 Å². The summed E-state index contributed by atoms with van der Waals surface area (Å²) in [6, 6.07) is 3.53. The first-order valence-electron chi connectivity index (χ1n) is 5.53. The SMILES string of the molecule is Cc1cc(Br)c(S(=O)(=O)N2CC[C@@H](N)C2)c(Br)c1.Cl. The molecule has 4 nitrogen and oxygen atoms in total. The van der Waals surface area contributed by atoms with Crippen LogP contribution in [0.2, 0.25) is 0 Å². The highest BCUT2D eigenvalue weighted by atomic mass is 79.9. The third-order valence-corrected chi connectivity index (χ3v) is 6.67. The molecule has 0 spiro atoms. The lowest BCUT2D eigenvalue weighted by Crippen LogP contribution is -2.32. The summed E-state index contributed by atoms with van der Waals surface area (Å²) in [7, 11) is -3.49. The van der Waals surface area contributed by atoms with E-state index in [2.05, 4.69) is 31.9 Å². The molecule has 1 saturated heterocycles. The topological polar surface area (TPSA) is 63.4 Å². The van der Waals surface area contributed by atoms with Gasteiger partial charge in [-0.1, -0.05) is 0 Å². The van der Waals surface area contributed by atoms with Gasteiger partial charge in [-0.15, -0.1) is 12.4 Å². The molecule has 0 saturated carbocycles. The number of hydrogen-bond donors (Lipinski definition) is 1. The van der Waals surface area contributed by atoms with E-state index in [0.717, 1.165) is 5.56 Å². The van der Waals surface area contributed by atoms with E-state index in [1.54, 1.807) is 12.1 Å². The van der Waals surface area contributed by atoms with E-state index >= 15 is 0 Å². The van der Waals surface area contributed by atoms with Crippen molar-refractivity contribution in [3.8, 4) is 0 Å². The standard InChI is InChI=1S/C11H14Br2N2O2S.ClH/c1-7-4-9(12)11(10(13)5-7)18(16,17)15-3-2-8(14)6-15;/h4-5,8H,2-3,6,14H2,1H3;1H/t8-;/m1./s1. The van der Waals surface area contributed by atoms with Crippen molar-refractivity contribution < 1.29 is 8.42 Å². The van der Waals surface area contributed by atoms with Crippen molar-refractivity contribution in [3.05, 3.63) is 26.6 Å². The number of halogens is 3. The molecule has 1 aromatic carbocycles. The Labute approximate surface area is 136 Å². The smallest absolute Gasteiger partial charge is 0.245 e. The lowest BCUT2D eigenvalue weighted by atomic mass is 10.2. The molecule has 108 valence electrons. The van der Waals surface area contributed by atoms with Crippen molar-refractivity contribution in [2.45, 2.75) is 24.3 Å². The Bertz CT molecular complexity index is 557. The number of hydrogen-bond acceptors (Lipinski definition) is 3. The molecular formula is C11H15Br2ClN2O2S. The van der Waals surface area contributed by atoms with E-state index in [4.69, 9.17) is 5.73 Å². The number of benzene rings is 1. The van der Waals surface area contributed by atoms with Gasteiger partial charge in [0.15, 0.2) is 0 Å². The van der Waals surface area contributed by atoms with Crippen LogP contribution in [-0.2, 0) is 10.0 Å². The summed E-state index contributed by atoms with van der Waals surface area (Å²) in [5.74, 6) is 0. The van der Waals surface area contributed by atoms with Gasteiger partial charge in [0, 0.05) is 28.1 Å². The Morgan fingerprint density at radius 2 is 1.84 bits per heavy atom. The molecule has 1 aliphatic rings. The van der Waals surface area contributed by atoms with E-state index in [9.17, 15) is 8.42 Å². The molecule has 1 aliphatic heterocycles. The molecule has 0 unspecified atom stereocenters. The van der Waals surface area contributed by atoms with Crippen LogP contribution >= 0.6 is 44.3 Å². The van der Waals surface area contributed by atoms with Crippen LogP contribution in [0.4, 0.5) is 0 Å². The van der Waals surface area contributed by atoms with Gasteiger partial charge >= 0.3 is 0 Å². The molecule has 1 heterocycles. The van der Waals surface area contributed by atoms with Crippen LogP contribution in [0.3, 0.4) is 0 Å². The highest BCUT2D eigenvalue weighted by Gasteiger charge is 2.33. The van der Waals surface area contributed by atoms with Gasteiger partial charge in [-0.2, -0.15) is 4.31 Å². The molecule has 1 atom stereocenters. The van der Waals surface area contributed by atoms with Gasteiger partial charge in [0.1, 0.15) is 4.90 Å². The van der Waals surface area contributed by atoms with Crippen LogP contribution in [0.25, 0.3) is 0 Å². The summed E-state index contributed by atoms with van der Waals surface area (Å²) in [6.07, 6.45) is 0.709. The van der Waals surface area contributed by atoms with Crippen LogP contribution in [0.5, 0.6) is 0 Å². The number of aryl methyl sites for hydroxylation is 1.